The maximum atomic E-state index is 4.55. The molecule has 0 spiro atoms. The van der Waals surface area contributed by atoms with Crippen molar-refractivity contribution in [1.82, 2.24) is 9.97 Å². The largest absolute Gasteiger partial charge is 0.377 e. The van der Waals surface area contributed by atoms with Crippen molar-refractivity contribution in [2.24, 2.45) is 0 Å². The lowest BCUT2D eigenvalue weighted by Gasteiger charge is -2.18. The monoisotopic (exact) mass is 266 g/mol. The number of benzene rings is 1. The van der Waals surface area contributed by atoms with Gasteiger partial charge in [0.25, 0.3) is 0 Å². The van der Waals surface area contributed by atoms with Crippen LogP contribution in [0.15, 0.2) is 36.7 Å². The highest BCUT2D eigenvalue weighted by Gasteiger charge is 2.11. The van der Waals surface area contributed by atoms with E-state index in [0.29, 0.717) is 0 Å². The summed E-state index contributed by atoms with van der Waals surface area (Å²) in [6.07, 6.45) is 3.70. The summed E-state index contributed by atoms with van der Waals surface area (Å²) in [5.74, 6) is 0. The molecule has 0 aliphatic carbocycles. The molecule has 0 amide bonds. The van der Waals surface area contributed by atoms with Gasteiger partial charge in [0.15, 0.2) is 0 Å². The van der Waals surface area contributed by atoms with E-state index >= 15 is 0 Å². The molecule has 1 aromatic carbocycles. The van der Waals surface area contributed by atoms with Crippen LogP contribution in [0.25, 0.3) is 21.8 Å². The molecule has 3 rings (SSSR count). The van der Waals surface area contributed by atoms with E-state index in [4.69, 9.17) is 0 Å². The van der Waals surface area contributed by atoms with E-state index in [1.54, 1.807) is 0 Å². The van der Waals surface area contributed by atoms with Crippen LogP contribution < -0.4 is 9.80 Å². The molecule has 0 unspecified atom stereocenters. The summed E-state index contributed by atoms with van der Waals surface area (Å²) in [5.41, 5.74) is 4.23. The molecule has 0 saturated carbocycles. The smallest absolute Gasteiger partial charge is 0.0986 e. The minimum Gasteiger partial charge on any atom is -0.377 e. The molecule has 20 heavy (non-hydrogen) atoms. The number of hydrogen-bond donors (Lipinski definition) is 0. The zero-order chi connectivity index (χ0) is 14.3. The zero-order valence-corrected chi connectivity index (χ0v) is 12.3. The maximum Gasteiger partial charge on any atom is 0.0986 e. The minimum atomic E-state index is 0.956. The summed E-state index contributed by atoms with van der Waals surface area (Å²) in [5, 5.41) is 2.27. The number of hydrogen-bond acceptors (Lipinski definition) is 4. The van der Waals surface area contributed by atoms with E-state index in [-0.39, 0.29) is 0 Å². The Hall–Kier alpha value is -2.36. The Balaban J connectivity index is 2.43. The van der Waals surface area contributed by atoms with Crippen molar-refractivity contribution in [3.63, 3.8) is 0 Å². The summed E-state index contributed by atoms with van der Waals surface area (Å²) in [7, 11) is 8.18. The summed E-state index contributed by atoms with van der Waals surface area (Å²) in [4.78, 5) is 13.3. The standard InChI is InChI=1S/C16H18N4/c1-19(2)13-7-9-17-15-11(13)5-6-12-14(20(3)4)8-10-18-16(12)15/h5-10H,1-4H3. The van der Waals surface area contributed by atoms with Gasteiger partial charge in [-0.1, -0.05) is 0 Å². The molecule has 3 aromatic rings. The van der Waals surface area contributed by atoms with Gasteiger partial charge in [-0.15, -0.1) is 0 Å². The van der Waals surface area contributed by atoms with Crippen LogP contribution in [0.5, 0.6) is 0 Å². The van der Waals surface area contributed by atoms with Gasteiger partial charge in [0, 0.05) is 62.7 Å². The van der Waals surface area contributed by atoms with Crippen molar-refractivity contribution in [2.75, 3.05) is 38.0 Å². The van der Waals surface area contributed by atoms with Crippen molar-refractivity contribution in [3.05, 3.63) is 36.7 Å². The second-order valence-corrected chi connectivity index (χ2v) is 5.31. The van der Waals surface area contributed by atoms with Gasteiger partial charge in [0.1, 0.15) is 0 Å². The molecule has 2 aromatic heterocycles. The van der Waals surface area contributed by atoms with Crippen LogP contribution >= 0.6 is 0 Å². The molecule has 0 atom stereocenters. The third-order valence-electron chi connectivity index (χ3n) is 3.54. The first kappa shape index (κ1) is 12.7. The number of aromatic nitrogens is 2. The van der Waals surface area contributed by atoms with Gasteiger partial charge in [-0.05, 0) is 24.3 Å². The third-order valence-corrected chi connectivity index (χ3v) is 3.54. The summed E-state index contributed by atoms with van der Waals surface area (Å²) in [6, 6.07) is 8.33. The quantitative estimate of drug-likeness (QED) is 0.668. The molecular weight excluding hydrogens is 248 g/mol. The lowest BCUT2D eigenvalue weighted by molar-refractivity contribution is 1.13. The fourth-order valence-electron chi connectivity index (χ4n) is 2.58. The molecule has 0 N–H and O–H groups in total. The van der Waals surface area contributed by atoms with Gasteiger partial charge in [0.05, 0.1) is 11.0 Å². The molecule has 0 fully saturated rings. The van der Waals surface area contributed by atoms with E-state index in [0.717, 1.165) is 33.2 Å². The van der Waals surface area contributed by atoms with Gasteiger partial charge >= 0.3 is 0 Å². The predicted octanol–water partition coefficient (Wildman–Crippen LogP) is 2.92. The van der Waals surface area contributed by atoms with E-state index in [2.05, 4.69) is 31.9 Å². The molecule has 4 nitrogen and oxygen atoms in total. The SMILES string of the molecule is CN(C)c1ccnc2c1ccc1c(N(C)C)ccnc12. The fraction of sp³-hybridized carbons (Fsp3) is 0.250. The highest BCUT2D eigenvalue weighted by atomic mass is 15.1. The van der Waals surface area contributed by atoms with Crippen LogP contribution in [0.1, 0.15) is 0 Å². The maximum absolute atomic E-state index is 4.55. The molecule has 0 aliphatic rings. The van der Waals surface area contributed by atoms with Crippen molar-refractivity contribution in [2.45, 2.75) is 0 Å². The Labute approximate surface area is 118 Å². The van der Waals surface area contributed by atoms with Gasteiger partial charge in [0.2, 0.25) is 0 Å². The van der Waals surface area contributed by atoms with Crippen LogP contribution in [0, 0.1) is 0 Å². The fourth-order valence-corrected chi connectivity index (χ4v) is 2.58. The normalized spacial score (nSPS) is 11.0. The lowest BCUT2D eigenvalue weighted by Crippen LogP contribution is -2.10. The molecule has 4 heteroatoms. The lowest BCUT2D eigenvalue weighted by atomic mass is 10.1. The highest BCUT2D eigenvalue weighted by molar-refractivity contribution is 6.10. The Morgan fingerprint density at radius 2 is 1.05 bits per heavy atom. The van der Waals surface area contributed by atoms with Crippen molar-refractivity contribution < 1.29 is 0 Å². The van der Waals surface area contributed by atoms with E-state index < -0.39 is 0 Å². The summed E-state index contributed by atoms with van der Waals surface area (Å²) in [6.45, 7) is 0. The average Bonchev–Trinajstić information content (AvgIpc) is 2.45. The minimum absolute atomic E-state index is 0.956. The van der Waals surface area contributed by atoms with Crippen LogP contribution in [-0.2, 0) is 0 Å². The van der Waals surface area contributed by atoms with Crippen molar-refractivity contribution in [3.8, 4) is 0 Å². The first-order valence-corrected chi connectivity index (χ1v) is 6.60. The number of rotatable bonds is 2. The zero-order valence-electron chi connectivity index (χ0n) is 12.3. The summed E-state index contributed by atoms with van der Waals surface area (Å²) >= 11 is 0. The van der Waals surface area contributed by atoms with Gasteiger partial charge in [-0.25, -0.2) is 0 Å². The number of nitrogens with zero attached hydrogens (tertiary/aromatic N) is 4. The first-order valence-electron chi connectivity index (χ1n) is 6.60. The Morgan fingerprint density at radius 1 is 0.650 bits per heavy atom. The molecule has 0 bridgehead atoms. The van der Waals surface area contributed by atoms with Crippen LogP contribution in [-0.4, -0.2) is 38.2 Å². The molecule has 0 radical (unpaired) electrons. The van der Waals surface area contributed by atoms with Crippen molar-refractivity contribution >= 4 is 33.2 Å². The topological polar surface area (TPSA) is 32.3 Å². The van der Waals surface area contributed by atoms with Gasteiger partial charge in [-0.3, -0.25) is 9.97 Å². The van der Waals surface area contributed by atoms with Crippen molar-refractivity contribution in [1.29, 1.82) is 0 Å². The second-order valence-electron chi connectivity index (χ2n) is 5.31. The molecule has 102 valence electrons. The van der Waals surface area contributed by atoms with Crippen LogP contribution in [0.4, 0.5) is 11.4 Å². The Bertz CT molecular complexity index is 711. The Morgan fingerprint density at radius 3 is 1.40 bits per heavy atom. The number of anilines is 2. The highest BCUT2D eigenvalue weighted by Crippen LogP contribution is 2.32. The number of pyridine rings is 2. The first-order chi connectivity index (χ1) is 9.59. The number of fused-ring (bicyclic) bond motifs is 3. The van der Waals surface area contributed by atoms with E-state index in [9.17, 15) is 0 Å². The van der Waals surface area contributed by atoms with Crippen LogP contribution in [0.3, 0.4) is 0 Å². The molecule has 2 heterocycles. The molecular formula is C16H18N4. The van der Waals surface area contributed by atoms with Gasteiger partial charge < -0.3 is 9.80 Å². The molecule has 0 saturated heterocycles. The second kappa shape index (κ2) is 4.63. The average molecular weight is 266 g/mol. The summed E-state index contributed by atoms with van der Waals surface area (Å²) < 4.78 is 0. The van der Waals surface area contributed by atoms with Crippen LogP contribution in [0.2, 0.25) is 0 Å². The predicted molar refractivity (Wildman–Crippen MR) is 85.7 cm³/mol. The third kappa shape index (κ3) is 1.84. The Kier molecular flexibility index (Phi) is 2.93. The van der Waals surface area contributed by atoms with E-state index in [1.165, 1.54) is 0 Å². The molecule has 0 aliphatic heterocycles. The van der Waals surface area contributed by atoms with Gasteiger partial charge in [-0.2, -0.15) is 0 Å². The van der Waals surface area contributed by atoms with E-state index in [1.807, 2.05) is 52.7 Å².